The summed E-state index contributed by atoms with van der Waals surface area (Å²) >= 11 is 0. The zero-order chi connectivity index (χ0) is 14.2. The van der Waals surface area contributed by atoms with Gasteiger partial charge in [0.25, 0.3) is 0 Å². The summed E-state index contributed by atoms with van der Waals surface area (Å²) < 4.78 is 5.77. The van der Waals surface area contributed by atoms with Crippen molar-refractivity contribution in [2.24, 2.45) is 5.92 Å². The lowest BCUT2D eigenvalue weighted by Gasteiger charge is -2.24. The Bertz CT molecular complexity index is 368. The Morgan fingerprint density at radius 1 is 1.15 bits per heavy atom. The molecule has 0 unspecified atom stereocenters. The third-order valence-corrected chi connectivity index (χ3v) is 4.15. The largest absolute Gasteiger partial charge is 0.377 e. The molecule has 0 aromatic heterocycles. The molecule has 1 saturated carbocycles. The van der Waals surface area contributed by atoms with Crippen LogP contribution in [0.15, 0.2) is 24.3 Å². The van der Waals surface area contributed by atoms with Crippen molar-refractivity contribution >= 4 is 0 Å². The Balaban J connectivity index is 1.60. The maximum Gasteiger partial charge on any atom is 0.0716 e. The first kappa shape index (κ1) is 15.5. The van der Waals surface area contributed by atoms with Crippen molar-refractivity contribution in [3.05, 3.63) is 35.4 Å². The van der Waals surface area contributed by atoms with Gasteiger partial charge >= 0.3 is 0 Å². The molecular formula is C18H29NO. The van der Waals surface area contributed by atoms with E-state index >= 15 is 0 Å². The average molecular weight is 275 g/mol. The highest BCUT2D eigenvalue weighted by molar-refractivity contribution is 5.22. The first-order valence-corrected chi connectivity index (χ1v) is 8.13. The van der Waals surface area contributed by atoms with Crippen LogP contribution in [-0.2, 0) is 17.8 Å². The van der Waals surface area contributed by atoms with Crippen molar-refractivity contribution in [1.82, 2.24) is 5.32 Å². The van der Waals surface area contributed by atoms with Gasteiger partial charge in [0.2, 0.25) is 0 Å². The summed E-state index contributed by atoms with van der Waals surface area (Å²) in [6.45, 7) is 7.10. The number of hydrogen-bond acceptors (Lipinski definition) is 2. The van der Waals surface area contributed by atoms with Crippen LogP contribution >= 0.6 is 0 Å². The molecule has 0 heterocycles. The van der Waals surface area contributed by atoms with Crippen LogP contribution in [-0.4, -0.2) is 19.2 Å². The maximum atomic E-state index is 5.77. The molecule has 0 bridgehead atoms. The second kappa shape index (κ2) is 8.43. The predicted octanol–water partition coefficient (Wildman–Crippen LogP) is 3.93. The fourth-order valence-corrected chi connectivity index (χ4v) is 2.53. The normalized spacial score (nSPS) is 15.6. The first-order chi connectivity index (χ1) is 9.74. The summed E-state index contributed by atoms with van der Waals surface area (Å²) in [5.74, 6) is 0.950. The van der Waals surface area contributed by atoms with Crippen molar-refractivity contribution in [1.29, 1.82) is 0 Å². The Kier molecular flexibility index (Phi) is 6.55. The van der Waals surface area contributed by atoms with Crippen LogP contribution in [0, 0.1) is 5.92 Å². The second-order valence-electron chi connectivity index (χ2n) is 6.31. The zero-order valence-corrected chi connectivity index (χ0v) is 13.0. The Morgan fingerprint density at radius 3 is 2.45 bits per heavy atom. The summed E-state index contributed by atoms with van der Waals surface area (Å²) in [6, 6.07) is 9.43. The van der Waals surface area contributed by atoms with E-state index in [0.29, 0.717) is 6.04 Å². The summed E-state index contributed by atoms with van der Waals surface area (Å²) in [4.78, 5) is 0. The lowest BCUT2D eigenvalue weighted by molar-refractivity contribution is 0.0950. The summed E-state index contributed by atoms with van der Waals surface area (Å²) in [6.07, 6.45) is 6.61. The van der Waals surface area contributed by atoms with E-state index in [4.69, 9.17) is 4.74 Å². The highest BCUT2D eigenvalue weighted by Crippen LogP contribution is 2.29. The molecule has 1 fully saturated rings. The van der Waals surface area contributed by atoms with Gasteiger partial charge < -0.3 is 10.1 Å². The minimum atomic E-state index is 0.568. The molecule has 1 aliphatic carbocycles. The highest BCUT2D eigenvalue weighted by Gasteiger charge is 2.16. The van der Waals surface area contributed by atoms with Crippen molar-refractivity contribution in [2.45, 2.75) is 58.6 Å². The molecule has 20 heavy (non-hydrogen) atoms. The summed E-state index contributed by atoms with van der Waals surface area (Å²) in [5, 5.41) is 3.45. The minimum absolute atomic E-state index is 0.568. The van der Waals surface area contributed by atoms with Crippen LogP contribution < -0.4 is 5.32 Å². The van der Waals surface area contributed by atoms with Gasteiger partial charge in [-0.25, -0.2) is 0 Å². The molecule has 0 radical (unpaired) electrons. The van der Waals surface area contributed by atoms with Crippen LogP contribution in [0.1, 0.15) is 50.7 Å². The SMILES string of the molecule is CC(C)NCCc1ccc(COCCC2CCC2)cc1. The Labute approximate surface area is 123 Å². The van der Waals surface area contributed by atoms with Crippen LogP contribution in [0.25, 0.3) is 0 Å². The Morgan fingerprint density at radius 2 is 1.85 bits per heavy atom. The number of benzene rings is 1. The molecule has 2 rings (SSSR count). The zero-order valence-electron chi connectivity index (χ0n) is 13.0. The molecule has 2 nitrogen and oxygen atoms in total. The van der Waals surface area contributed by atoms with Gasteiger partial charge in [0.1, 0.15) is 0 Å². The van der Waals surface area contributed by atoms with Gasteiger partial charge in [-0.15, -0.1) is 0 Å². The standard InChI is InChI=1S/C18H29NO/c1-15(2)19-12-10-17-6-8-18(9-7-17)14-20-13-11-16-4-3-5-16/h6-9,15-16,19H,3-5,10-14H2,1-2H3. The highest BCUT2D eigenvalue weighted by atomic mass is 16.5. The Hall–Kier alpha value is -0.860. The molecule has 1 aliphatic rings. The van der Waals surface area contributed by atoms with Gasteiger partial charge in [-0.3, -0.25) is 0 Å². The quantitative estimate of drug-likeness (QED) is 0.689. The lowest BCUT2D eigenvalue weighted by Crippen LogP contribution is -2.24. The fraction of sp³-hybridized carbons (Fsp3) is 0.667. The van der Waals surface area contributed by atoms with Crippen molar-refractivity contribution < 1.29 is 4.74 Å². The molecule has 1 aromatic carbocycles. The number of nitrogens with one attached hydrogen (secondary N) is 1. The summed E-state index contributed by atoms with van der Waals surface area (Å²) in [5.41, 5.74) is 2.69. The van der Waals surface area contributed by atoms with Gasteiger partial charge in [-0.05, 0) is 36.4 Å². The van der Waals surface area contributed by atoms with E-state index < -0.39 is 0 Å². The van der Waals surface area contributed by atoms with Crippen LogP contribution in [0.3, 0.4) is 0 Å². The third-order valence-electron chi connectivity index (χ3n) is 4.15. The van der Waals surface area contributed by atoms with Crippen molar-refractivity contribution in [3.8, 4) is 0 Å². The van der Waals surface area contributed by atoms with E-state index in [2.05, 4.69) is 43.4 Å². The van der Waals surface area contributed by atoms with Gasteiger partial charge in [0.15, 0.2) is 0 Å². The smallest absolute Gasteiger partial charge is 0.0716 e. The summed E-state index contributed by atoms with van der Waals surface area (Å²) in [7, 11) is 0. The molecule has 0 atom stereocenters. The number of hydrogen-bond donors (Lipinski definition) is 1. The molecule has 0 saturated heterocycles. The van der Waals surface area contributed by atoms with Gasteiger partial charge in [-0.1, -0.05) is 57.4 Å². The molecular weight excluding hydrogens is 246 g/mol. The molecule has 0 aliphatic heterocycles. The van der Waals surface area contributed by atoms with E-state index in [-0.39, 0.29) is 0 Å². The van der Waals surface area contributed by atoms with E-state index in [0.717, 1.165) is 32.1 Å². The molecule has 1 aromatic rings. The molecule has 0 amide bonds. The van der Waals surface area contributed by atoms with Crippen molar-refractivity contribution in [2.75, 3.05) is 13.2 Å². The van der Waals surface area contributed by atoms with Crippen LogP contribution in [0.5, 0.6) is 0 Å². The van der Waals surface area contributed by atoms with Crippen LogP contribution in [0.4, 0.5) is 0 Å². The van der Waals surface area contributed by atoms with E-state index in [9.17, 15) is 0 Å². The predicted molar refractivity (Wildman–Crippen MR) is 84.9 cm³/mol. The third kappa shape index (κ3) is 5.64. The topological polar surface area (TPSA) is 21.3 Å². The maximum absolute atomic E-state index is 5.77. The van der Waals surface area contributed by atoms with Gasteiger partial charge in [0.05, 0.1) is 6.61 Å². The number of ether oxygens (including phenoxy) is 1. The fourth-order valence-electron chi connectivity index (χ4n) is 2.53. The number of rotatable bonds is 9. The second-order valence-corrected chi connectivity index (χ2v) is 6.31. The monoisotopic (exact) mass is 275 g/mol. The first-order valence-electron chi connectivity index (χ1n) is 8.13. The van der Waals surface area contributed by atoms with Crippen molar-refractivity contribution in [3.63, 3.8) is 0 Å². The van der Waals surface area contributed by atoms with E-state index in [1.807, 2.05) is 0 Å². The molecule has 1 N–H and O–H groups in total. The lowest BCUT2D eigenvalue weighted by atomic mass is 9.83. The van der Waals surface area contributed by atoms with Gasteiger partial charge in [-0.2, -0.15) is 0 Å². The molecule has 112 valence electrons. The minimum Gasteiger partial charge on any atom is -0.377 e. The van der Waals surface area contributed by atoms with E-state index in [1.54, 1.807) is 0 Å². The average Bonchev–Trinajstić information content (AvgIpc) is 2.38. The molecule has 0 spiro atoms. The van der Waals surface area contributed by atoms with E-state index in [1.165, 1.54) is 36.8 Å². The van der Waals surface area contributed by atoms with Gasteiger partial charge in [0, 0.05) is 12.6 Å². The van der Waals surface area contributed by atoms with Crippen LogP contribution in [0.2, 0.25) is 0 Å². The molecule has 2 heteroatoms.